The maximum atomic E-state index is 6.75. The Hall–Kier alpha value is -8.47. The van der Waals surface area contributed by atoms with Crippen LogP contribution in [-0.4, -0.2) is 15.0 Å². The lowest BCUT2D eigenvalue weighted by molar-refractivity contribution is 0.436. The van der Waals surface area contributed by atoms with Crippen LogP contribution in [0.3, 0.4) is 0 Å². The molecule has 1 aliphatic carbocycles. The van der Waals surface area contributed by atoms with Crippen LogP contribution < -0.4 is 4.74 Å². The minimum atomic E-state index is -0.653. The van der Waals surface area contributed by atoms with Gasteiger partial charge in [0.25, 0.3) is 0 Å². The zero-order chi connectivity index (χ0) is 42.2. The first-order valence-electron chi connectivity index (χ1n) is 21.8. The third-order valence-corrected chi connectivity index (χ3v) is 13.1. The smallest absolute Gasteiger partial charge is 0.160 e. The van der Waals surface area contributed by atoms with Crippen molar-refractivity contribution in [3.05, 3.63) is 247 Å². The normalized spacial score (nSPS) is 12.9. The van der Waals surface area contributed by atoms with E-state index in [-0.39, 0.29) is 0 Å². The molecule has 4 heteroatoms. The molecule has 11 aromatic rings. The van der Waals surface area contributed by atoms with E-state index in [2.05, 4.69) is 200 Å². The maximum absolute atomic E-state index is 6.75. The summed E-state index contributed by atoms with van der Waals surface area (Å²) >= 11 is 0. The highest BCUT2D eigenvalue weighted by Crippen LogP contribution is 2.64. The van der Waals surface area contributed by atoms with Gasteiger partial charge in [0.1, 0.15) is 11.5 Å². The van der Waals surface area contributed by atoms with Crippen molar-refractivity contribution < 1.29 is 4.74 Å². The second kappa shape index (κ2) is 14.3. The van der Waals surface area contributed by atoms with E-state index in [0.29, 0.717) is 5.82 Å². The van der Waals surface area contributed by atoms with Crippen LogP contribution in [0.25, 0.3) is 89.1 Å². The van der Waals surface area contributed by atoms with Gasteiger partial charge in [0.2, 0.25) is 0 Å². The number of ether oxygens (including phenoxy) is 1. The molecule has 0 saturated heterocycles. The fraction of sp³-hybridized carbons (Fsp3) is 0.0167. The number of para-hydroxylation sites is 3. The van der Waals surface area contributed by atoms with Crippen LogP contribution in [0.4, 0.5) is 0 Å². The molecule has 1 aliphatic heterocycles. The van der Waals surface area contributed by atoms with Crippen molar-refractivity contribution in [3.63, 3.8) is 0 Å². The van der Waals surface area contributed by atoms with Crippen molar-refractivity contribution in [2.75, 3.05) is 0 Å². The number of fused-ring (bicyclic) bond motifs is 12. The highest BCUT2D eigenvalue weighted by Gasteiger charge is 2.52. The van der Waals surface area contributed by atoms with Crippen molar-refractivity contribution in [3.8, 4) is 78.9 Å². The number of aromatic nitrogens is 3. The fourth-order valence-corrected chi connectivity index (χ4v) is 10.3. The summed E-state index contributed by atoms with van der Waals surface area (Å²) in [7, 11) is 0. The zero-order valence-corrected chi connectivity index (χ0v) is 34.6. The number of hydrogen-bond acceptors (Lipinski definition) is 4. The van der Waals surface area contributed by atoms with E-state index >= 15 is 0 Å². The Morgan fingerprint density at radius 2 is 0.875 bits per heavy atom. The predicted octanol–water partition coefficient (Wildman–Crippen LogP) is 15.0. The number of pyridine rings is 1. The molecule has 13 rings (SSSR count). The second-order valence-corrected chi connectivity index (χ2v) is 16.6. The summed E-state index contributed by atoms with van der Waals surface area (Å²) in [6.45, 7) is 0. The first-order chi connectivity index (χ1) is 31.7. The summed E-state index contributed by atoms with van der Waals surface area (Å²) in [6, 6.07) is 79.6. The Bertz CT molecular complexity index is 3520. The number of hydrogen-bond donors (Lipinski definition) is 0. The summed E-state index contributed by atoms with van der Waals surface area (Å²) in [6.07, 6.45) is 0. The zero-order valence-electron chi connectivity index (χ0n) is 34.6. The van der Waals surface area contributed by atoms with Crippen LogP contribution in [0, 0.1) is 0 Å². The standard InChI is InChI=1S/C60H37N3O/c1-4-17-39(18-5-1)53-37-54(63-59(62-53)42-21-8-3-9-22-42)40-33-31-38(32-34-40)43-24-16-27-50-57(43)47-35-46-45(44-23-10-13-28-52(44)61-58(46)41-19-6-2-7-20-41)36-51(47)60(50)48-25-11-14-29-55(48)64-56-30-15-12-26-49(56)60/h1-37H. The molecule has 64 heavy (non-hydrogen) atoms. The number of rotatable bonds is 5. The van der Waals surface area contributed by atoms with Crippen LogP contribution in [-0.2, 0) is 5.41 Å². The summed E-state index contributed by atoms with van der Waals surface area (Å²) in [5.41, 5.74) is 16.6. The largest absolute Gasteiger partial charge is 0.457 e. The minimum Gasteiger partial charge on any atom is -0.457 e. The van der Waals surface area contributed by atoms with E-state index in [9.17, 15) is 0 Å². The van der Waals surface area contributed by atoms with Crippen molar-refractivity contribution in [2.24, 2.45) is 0 Å². The van der Waals surface area contributed by atoms with E-state index in [1.54, 1.807) is 0 Å². The van der Waals surface area contributed by atoms with Gasteiger partial charge < -0.3 is 4.74 Å². The Kier molecular flexibility index (Phi) is 8.09. The molecule has 0 atom stereocenters. The lowest BCUT2D eigenvalue weighted by atomic mass is 9.66. The highest BCUT2D eigenvalue weighted by atomic mass is 16.5. The summed E-state index contributed by atoms with van der Waals surface area (Å²) in [5, 5.41) is 3.43. The van der Waals surface area contributed by atoms with E-state index in [0.717, 1.165) is 89.4 Å². The number of benzene rings is 9. The molecule has 0 saturated carbocycles. The van der Waals surface area contributed by atoms with Crippen LogP contribution in [0.2, 0.25) is 0 Å². The van der Waals surface area contributed by atoms with Gasteiger partial charge in [-0.25, -0.2) is 15.0 Å². The summed E-state index contributed by atoms with van der Waals surface area (Å²) in [5.74, 6) is 2.44. The monoisotopic (exact) mass is 815 g/mol. The summed E-state index contributed by atoms with van der Waals surface area (Å²) < 4.78 is 6.75. The van der Waals surface area contributed by atoms with Gasteiger partial charge in [-0.3, -0.25) is 0 Å². The van der Waals surface area contributed by atoms with Crippen molar-refractivity contribution >= 4 is 21.7 Å². The Morgan fingerprint density at radius 1 is 0.328 bits per heavy atom. The Balaban J connectivity index is 1.07. The second-order valence-electron chi connectivity index (χ2n) is 16.6. The van der Waals surface area contributed by atoms with Gasteiger partial charge in [-0.15, -0.1) is 0 Å². The molecule has 0 radical (unpaired) electrons. The van der Waals surface area contributed by atoms with E-state index < -0.39 is 5.41 Å². The van der Waals surface area contributed by atoms with Gasteiger partial charge in [-0.2, -0.15) is 0 Å². The van der Waals surface area contributed by atoms with E-state index in [1.165, 1.54) is 27.6 Å². The van der Waals surface area contributed by atoms with Crippen LogP contribution in [0.5, 0.6) is 11.5 Å². The molecule has 0 amide bonds. The molecular formula is C60H37N3O. The van der Waals surface area contributed by atoms with Gasteiger partial charge in [0.05, 0.1) is 28.0 Å². The molecule has 0 bridgehead atoms. The molecule has 3 heterocycles. The first kappa shape index (κ1) is 36.2. The molecule has 9 aromatic carbocycles. The molecule has 2 aromatic heterocycles. The van der Waals surface area contributed by atoms with Gasteiger partial charge in [0, 0.05) is 44.2 Å². The lowest BCUT2D eigenvalue weighted by Gasteiger charge is -2.39. The van der Waals surface area contributed by atoms with Crippen molar-refractivity contribution in [2.45, 2.75) is 5.41 Å². The van der Waals surface area contributed by atoms with Crippen LogP contribution in [0.15, 0.2) is 224 Å². The number of nitrogens with zero attached hydrogens (tertiary/aromatic N) is 3. The van der Waals surface area contributed by atoms with Crippen LogP contribution in [0.1, 0.15) is 22.3 Å². The van der Waals surface area contributed by atoms with Crippen LogP contribution >= 0.6 is 0 Å². The molecule has 0 N–H and O–H groups in total. The minimum absolute atomic E-state index is 0.653. The third-order valence-electron chi connectivity index (χ3n) is 13.1. The third kappa shape index (κ3) is 5.46. The maximum Gasteiger partial charge on any atom is 0.160 e. The average molecular weight is 816 g/mol. The molecule has 4 nitrogen and oxygen atoms in total. The first-order valence-corrected chi connectivity index (χ1v) is 21.8. The molecule has 0 fully saturated rings. The SMILES string of the molecule is c1ccc(-c2cc(-c3ccc(-c4cccc5c4-c4cc6c(-c7ccccc7)nc7ccccc7c6cc4C54c5ccccc5Oc5ccccc54)cc3)nc(-c3ccccc3)n2)cc1. The Morgan fingerprint density at radius 3 is 1.56 bits per heavy atom. The van der Waals surface area contributed by atoms with Gasteiger partial charge in [0.15, 0.2) is 5.82 Å². The molecular weight excluding hydrogens is 779 g/mol. The molecule has 298 valence electrons. The molecule has 2 aliphatic rings. The van der Waals surface area contributed by atoms with E-state index in [1.807, 2.05) is 24.3 Å². The predicted molar refractivity (Wildman–Crippen MR) is 259 cm³/mol. The van der Waals surface area contributed by atoms with Gasteiger partial charge in [-0.1, -0.05) is 188 Å². The van der Waals surface area contributed by atoms with Gasteiger partial charge >= 0.3 is 0 Å². The highest BCUT2D eigenvalue weighted by molar-refractivity contribution is 6.14. The molecule has 0 unspecified atom stereocenters. The van der Waals surface area contributed by atoms with Gasteiger partial charge in [-0.05, 0) is 75.2 Å². The quantitative estimate of drug-likeness (QED) is 0.162. The Labute approximate surface area is 370 Å². The topological polar surface area (TPSA) is 47.9 Å². The molecule has 1 spiro atoms. The average Bonchev–Trinajstić information content (AvgIpc) is 3.66. The van der Waals surface area contributed by atoms with Crippen molar-refractivity contribution in [1.29, 1.82) is 0 Å². The lowest BCUT2D eigenvalue weighted by Crippen LogP contribution is -2.32. The van der Waals surface area contributed by atoms with E-state index in [4.69, 9.17) is 19.7 Å². The summed E-state index contributed by atoms with van der Waals surface area (Å²) in [4.78, 5) is 15.6. The fourth-order valence-electron chi connectivity index (χ4n) is 10.3. The van der Waals surface area contributed by atoms with Crippen molar-refractivity contribution in [1.82, 2.24) is 15.0 Å².